The van der Waals surface area contributed by atoms with Crippen LogP contribution in [0.5, 0.6) is 0 Å². The Labute approximate surface area is 214 Å². The summed E-state index contributed by atoms with van der Waals surface area (Å²) in [7, 11) is -4.38. The van der Waals surface area contributed by atoms with E-state index in [-0.39, 0.29) is 6.10 Å². The zero-order chi connectivity index (χ0) is 25.7. The average Bonchev–Trinajstić information content (AvgIpc) is 2.85. The predicted octanol–water partition coefficient (Wildman–Crippen LogP) is 7.01. The Morgan fingerprint density at radius 1 is 0.559 bits per heavy atom. The maximum atomic E-state index is 6.44. The van der Waals surface area contributed by atoms with Gasteiger partial charge in [-0.2, -0.15) is 0 Å². The molecule has 0 bridgehead atoms. The third kappa shape index (κ3) is 15.7. The van der Waals surface area contributed by atoms with Crippen LogP contribution in [0.15, 0.2) is 0 Å². The molecular formula is C26H61NO5P2. The second-order valence-corrected chi connectivity index (χ2v) is 16.7. The summed E-state index contributed by atoms with van der Waals surface area (Å²) in [6, 6.07) is 0. The maximum absolute atomic E-state index is 6.44. The standard InChI is InChI=1S/C26H61NO5P2/c1-9-19-29-33(13-5,30-20-10-2)24-17-27(16-15-23-28-26(7)8)18-25-34(14-6,31-21-11-3)32-22-12-4/h26,33-34H,9-25H2,1-8H3. The van der Waals surface area contributed by atoms with Crippen LogP contribution in [0, 0.1) is 0 Å². The van der Waals surface area contributed by atoms with Crippen LogP contribution >= 0.6 is 15.4 Å². The molecule has 0 unspecified atom stereocenters. The van der Waals surface area contributed by atoms with Crippen molar-refractivity contribution in [2.24, 2.45) is 0 Å². The molecule has 0 saturated carbocycles. The number of nitrogens with zero attached hydrogens (tertiary/aromatic N) is 1. The van der Waals surface area contributed by atoms with Gasteiger partial charge in [0.2, 0.25) is 0 Å². The van der Waals surface area contributed by atoms with Gasteiger partial charge in [0.15, 0.2) is 0 Å². The third-order valence-electron chi connectivity index (χ3n) is 6.04. The van der Waals surface area contributed by atoms with Crippen molar-refractivity contribution in [3.05, 3.63) is 0 Å². The van der Waals surface area contributed by atoms with Crippen molar-refractivity contribution in [3.8, 4) is 0 Å². The summed E-state index contributed by atoms with van der Waals surface area (Å²) in [5.41, 5.74) is 0. The van der Waals surface area contributed by atoms with Crippen molar-refractivity contribution in [2.45, 2.75) is 93.6 Å². The third-order valence-corrected chi connectivity index (χ3v) is 13.1. The van der Waals surface area contributed by atoms with E-state index in [2.05, 4.69) is 60.3 Å². The number of ether oxygens (including phenoxy) is 1. The van der Waals surface area contributed by atoms with Gasteiger partial charge in [-0.3, -0.25) is 0 Å². The first-order valence-corrected chi connectivity index (χ1v) is 18.7. The first-order chi connectivity index (χ1) is 16.4. The summed E-state index contributed by atoms with van der Waals surface area (Å²) in [5.74, 6) is 0. The molecule has 0 aliphatic rings. The number of rotatable bonds is 25. The minimum atomic E-state index is -2.19. The Morgan fingerprint density at radius 2 is 0.941 bits per heavy atom. The molecular weight excluding hydrogens is 468 g/mol. The average molecular weight is 530 g/mol. The summed E-state index contributed by atoms with van der Waals surface area (Å²) >= 11 is 0. The van der Waals surface area contributed by atoms with E-state index < -0.39 is 15.4 Å². The molecule has 0 amide bonds. The topological polar surface area (TPSA) is 49.4 Å². The van der Waals surface area contributed by atoms with Crippen LogP contribution in [0.2, 0.25) is 0 Å². The molecule has 210 valence electrons. The fraction of sp³-hybridized carbons (Fsp3) is 1.00. The fourth-order valence-electron chi connectivity index (χ4n) is 3.89. The van der Waals surface area contributed by atoms with Gasteiger partial charge >= 0.3 is 214 Å². The zero-order valence-electron chi connectivity index (χ0n) is 24.1. The minimum absolute atomic E-state index is 0.281. The summed E-state index contributed by atoms with van der Waals surface area (Å²) < 4.78 is 31.6. The molecule has 0 aliphatic carbocycles. The van der Waals surface area contributed by atoms with Crippen LogP contribution in [0.1, 0.15) is 87.5 Å². The van der Waals surface area contributed by atoms with Crippen molar-refractivity contribution < 1.29 is 22.8 Å². The molecule has 0 heterocycles. The van der Waals surface area contributed by atoms with Crippen LogP contribution < -0.4 is 0 Å². The summed E-state index contributed by atoms with van der Waals surface area (Å²) in [5, 5.41) is 0. The van der Waals surface area contributed by atoms with Crippen molar-refractivity contribution in [2.75, 3.05) is 77.3 Å². The second kappa shape index (κ2) is 21.7. The Hall–Kier alpha value is 0.620. The zero-order valence-corrected chi connectivity index (χ0v) is 26.1. The van der Waals surface area contributed by atoms with E-state index in [0.29, 0.717) is 0 Å². The summed E-state index contributed by atoms with van der Waals surface area (Å²) in [4.78, 5) is 2.59. The molecule has 0 aliphatic heterocycles. The van der Waals surface area contributed by atoms with Crippen LogP contribution in [0.4, 0.5) is 0 Å². The first kappa shape index (κ1) is 34.6. The van der Waals surface area contributed by atoms with E-state index in [4.69, 9.17) is 22.8 Å². The molecule has 34 heavy (non-hydrogen) atoms. The monoisotopic (exact) mass is 529 g/mol. The molecule has 0 aromatic rings. The molecule has 0 aromatic carbocycles. The van der Waals surface area contributed by atoms with E-state index in [1.165, 1.54) is 0 Å². The van der Waals surface area contributed by atoms with E-state index in [0.717, 1.165) is 109 Å². The van der Waals surface area contributed by atoms with Crippen molar-refractivity contribution >= 4 is 15.4 Å². The molecule has 0 rings (SSSR count). The molecule has 0 aromatic heterocycles. The van der Waals surface area contributed by atoms with Crippen LogP contribution in [0.25, 0.3) is 0 Å². The van der Waals surface area contributed by atoms with Crippen LogP contribution in [-0.4, -0.2) is 88.3 Å². The van der Waals surface area contributed by atoms with Crippen molar-refractivity contribution in [1.29, 1.82) is 0 Å². The van der Waals surface area contributed by atoms with Gasteiger partial charge in [-0.05, 0) is 0 Å². The molecule has 0 N–H and O–H groups in total. The summed E-state index contributed by atoms with van der Waals surface area (Å²) in [6.45, 7) is 24.4. The number of hydrogen-bond acceptors (Lipinski definition) is 6. The van der Waals surface area contributed by atoms with Crippen LogP contribution in [0.3, 0.4) is 0 Å². The predicted molar refractivity (Wildman–Crippen MR) is 155 cm³/mol. The Kier molecular flexibility index (Phi) is 22.1. The quantitative estimate of drug-likeness (QED) is 0.0937. The van der Waals surface area contributed by atoms with Gasteiger partial charge in [0.05, 0.1) is 0 Å². The SMILES string of the molecule is CCCO[PH](CC)(CCN(CCCOC(C)C)CC[PH](CC)(OCCC)OCCC)OCCC. The first-order valence-electron chi connectivity index (χ1n) is 14.3. The van der Waals surface area contributed by atoms with Crippen molar-refractivity contribution in [1.82, 2.24) is 4.90 Å². The Balaban J connectivity index is 5.32. The number of hydrogen-bond donors (Lipinski definition) is 0. The molecule has 8 heteroatoms. The van der Waals surface area contributed by atoms with E-state index in [1.807, 2.05) is 0 Å². The second-order valence-electron chi connectivity index (χ2n) is 9.54. The fourth-order valence-corrected chi connectivity index (χ4v) is 9.77. The van der Waals surface area contributed by atoms with Gasteiger partial charge in [-0.25, -0.2) is 0 Å². The van der Waals surface area contributed by atoms with Gasteiger partial charge in [0, 0.05) is 0 Å². The Morgan fingerprint density at radius 3 is 1.24 bits per heavy atom. The molecule has 0 radical (unpaired) electrons. The van der Waals surface area contributed by atoms with Gasteiger partial charge in [-0.15, -0.1) is 0 Å². The van der Waals surface area contributed by atoms with Crippen LogP contribution in [-0.2, 0) is 22.8 Å². The van der Waals surface area contributed by atoms with Gasteiger partial charge in [0.1, 0.15) is 0 Å². The van der Waals surface area contributed by atoms with E-state index >= 15 is 0 Å². The Bertz CT molecular complexity index is 409. The molecule has 0 spiro atoms. The molecule has 0 atom stereocenters. The van der Waals surface area contributed by atoms with E-state index in [9.17, 15) is 0 Å². The van der Waals surface area contributed by atoms with Gasteiger partial charge in [0.25, 0.3) is 0 Å². The normalized spacial score (nSPS) is 13.8. The summed E-state index contributed by atoms with van der Waals surface area (Å²) in [6.07, 6.45) is 9.50. The molecule has 0 fully saturated rings. The van der Waals surface area contributed by atoms with Gasteiger partial charge < -0.3 is 0 Å². The molecule has 6 nitrogen and oxygen atoms in total. The van der Waals surface area contributed by atoms with Crippen molar-refractivity contribution in [3.63, 3.8) is 0 Å². The van der Waals surface area contributed by atoms with Gasteiger partial charge in [-0.1, -0.05) is 0 Å². The molecule has 0 saturated heterocycles. The van der Waals surface area contributed by atoms with E-state index in [1.54, 1.807) is 0 Å².